The van der Waals surface area contributed by atoms with Gasteiger partial charge in [-0.3, -0.25) is 4.79 Å². The molecule has 0 spiro atoms. The van der Waals surface area contributed by atoms with E-state index >= 15 is 0 Å². The van der Waals surface area contributed by atoms with Gasteiger partial charge in [0.2, 0.25) is 0 Å². The standard InChI is InChI=1S/C25H25Cl2FN2O5S/c1-29(2)11-12-30(25(31)18-5-4-6-19(28)14-18)16-17-7-10-23(34-3)24(13-17)35-36(32,33)20-8-9-21(26)22(27)15-20/h4-10,13-15H,11-12,16H2,1-3H3. The highest BCUT2D eigenvalue weighted by Crippen LogP contribution is 2.33. The summed E-state index contributed by atoms with van der Waals surface area (Å²) in [6, 6.07) is 14.0. The van der Waals surface area contributed by atoms with E-state index < -0.39 is 15.9 Å². The number of likely N-dealkylation sites (N-methyl/N-ethyl adjacent to an activating group) is 1. The Morgan fingerprint density at radius 2 is 1.69 bits per heavy atom. The summed E-state index contributed by atoms with van der Waals surface area (Å²) >= 11 is 11.9. The number of amides is 1. The van der Waals surface area contributed by atoms with Gasteiger partial charge in [0.1, 0.15) is 10.7 Å². The lowest BCUT2D eigenvalue weighted by Gasteiger charge is -2.25. The molecule has 192 valence electrons. The highest BCUT2D eigenvalue weighted by atomic mass is 35.5. The number of halogens is 3. The van der Waals surface area contributed by atoms with Gasteiger partial charge in [-0.25, -0.2) is 4.39 Å². The molecule has 0 atom stereocenters. The molecule has 0 N–H and O–H groups in total. The van der Waals surface area contributed by atoms with Gasteiger partial charge in [0.15, 0.2) is 11.5 Å². The zero-order valence-electron chi connectivity index (χ0n) is 19.9. The number of rotatable bonds is 10. The van der Waals surface area contributed by atoms with Crippen LogP contribution in [0.2, 0.25) is 10.0 Å². The fraction of sp³-hybridized carbons (Fsp3) is 0.240. The van der Waals surface area contributed by atoms with Gasteiger partial charge in [-0.1, -0.05) is 35.3 Å². The van der Waals surface area contributed by atoms with Crippen molar-refractivity contribution in [3.8, 4) is 11.5 Å². The molecule has 0 fully saturated rings. The first-order valence-corrected chi connectivity index (χ1v) is 12.9. The Balaban J connectivity index is 1.91. The molecular weight excluding hydrogens is 530 g/mol. The third-order valence-corrected chi connectivity index (χ3v) is 7.13. The smallest absolute Gasteiger partial charge is 0.339 e. The molecule has 3 aromatic carbocycles. The number of methoxy groups -OCH3 is 1. The Bertz CT molecular complexity index is 1350. The average Bonchev–Trinajstić information content (AvgIpc) is 2.82. The third-order valence-electron chi connectivity index (χ3n) is 5.16. The van der Waals surface area contributed by atoms with Crippen molar-refractivity contribution in [1.82, 2.24) is 9.80 Å². The van der Waals surface area contributed by atoms with Crippen LogP contribution in [-0.4, -0.2) is 58.4 Å². The van der Waals surface area contributed by atoms with E-state index in [9.17, 15) is 17.6 Å². The number of carbonyl (C=O) groups excluding carboxylic acids is 1. The van der Waals surface area contributed by atoms with E-state index in [1.807, 2.05) is 19.0 Å². The second-order valence-corrected chi connectivity index (χ2v) is 10.5. The van der Waals surface area contributed by atoms with E-state index in [0.29, 0.717) is 18.7 Å². The van der Waals surface area contributed by atoms with Crippen molar-refractivity contribution < 1.29 is 26.5 Å². The van der Waals surface area contributed by atoms with E-state index in [2.05, 4.69) is 0 Å². The summed E-state index contributed by atoms with van der Waals surface area (Å²) in [5.41, 5.74) is 0.791. The van der Waals surface area contributed by atoms with Gasteiger partial charge in [0, 0.05) is 25.2 Å². The molecule has 0 aliphatic carbocycles. The first-order valence-electron chi connectivity index (χ1n) is 10.8. The predicted molar refractivity (Wildman–Crippen MR) is 137 cm³/mol. The van der Waals surface area contributed by atoms with Gasteiger partial charge < -0.3 is 18.7 Å². The van der Waals surface area contributed by atoms with Gasteiger partial charge in [0.05, 0.1) is 17.2 Å². The van der Waals surface area contributed by atoms with Gasteiger partial charge in [-0.15, -0.1) is 0 Å². The molecule has 0 saturated heterocycles. The van der Waals surface area contributed by atoms with Gasteiger partial charge in [0.25, 0.3) is 5.91 Å². The number of hydrogen-bond acceptors (Lipinski definition) is 6. The number of benzene rings is 3. The highest BCUT2D eigenvalue weighted by molar-refractivity contribution is 7.87. The largest absolute Gasteiger partial charge is 0.493 e. The maximum atomic E-state index is 13.7. The maximum absolute atomic E-state index is 13.7. The van der Waals surface area contributed by atoms with Crippen molar-refractivity contribution in [1.29, 1.82) is 0 Å². The maximum Gasteiger partial charge on any atom is 0.339 e. The van der Waals surface area contributed by atoms with E-state index in [1.165, 1.54) is 49.6 Å². The van der Waals surface area contributed by atoms with Crippen molar-refractivity contribution in [2.45, 2.75) is 11.4 Å². The summed E-state index contributed by atoms with van der Waals surface area (Å²) in [7, 11) is 0.858. The Hall–Kier alpha value is -2.85. The molecule has 0 aliphatic heterocycles. The average molecular weight is 555 g/mol. The summed E-state index contributed by atoms with van der Waals surface area (Å²) in [5, 5.41) is 0.269. The van der Waals surface area contributed by atoms with Crippen LogP contribution in [0.5, 0.6) is 11.5 Å². The monoisotopic (exact) mass is 554 g/mol. The summed E-state index contributed by atoms with van der Waals surface area (Å²) in [6.45, 7) is 1.04. The van der Waals surface area contributed by atoms with Crippen LogP contribution in [0, 0.1) is 5.82 Å². The molecule has 7 nitrogen and oxygen atoms in total. The molecule has 3 rings (SSSR count). The van der Waals surface area contributed by atoms with Crippen LogP contribution in [0.3, 0.4) is 0 Å². The molecule has 36 heavy (non-hydrogen) atoms. The number of nitrogens with zero attached hydrogens (tertiary/aromatic N) is 2. The Kier molecular flexibility index (Phi) is 9.19. The lowest BCUT2D eigenvalue weighted by molar-refractivity contribution is 0.0731. The first kappa shape index (κ1) is 27.7. The summed E-state index contributed by atoms with van der Waals surface area (Å²) in [5.74, 6) is -0.760. The topological polar surface area (TPSA) is 76.2 Å². The summed E-state index contributed by atoms with van der Waals surface area (Å²) in [4.78, 5) is 16.4. The normalized spacial score (nSPS) is 11.4. The van der Waals surface area contributed by atoms with Crippen LogP contribution in [-0.2, 0) is 16.7 Å². The van der Waals surface area contributed by atoms with Gasteiger partial charge in [-0.05, 0) is 68.2 Å². The molecule has 3 aromatic rings. The quantitative estimate of drug-likeness (QED) is 0.324. The van der Waals surface area contributed by atoms with E-state index in [4.69, 9.17) is 32.1 Å². The molecule has 0 aromatic heterocycles. The fourth-order valence-electron chi connectivity index (χ4n) is 3.28. The molecule has 0 saturated carbocycles. The Morgan fingerprint density at radius 1 is 0.944 bits per heavy atom. The zero-order valence-corrected chi connectivity index (χ0v) is 22.2. The molecule has 11 heteroatoms. The number of carbonyl (C=O) groups is 1. The Labute approximate surface area is 220 Å². The van der Waals surface area contributed by atoms with Crippen LogP contribution in [0.25, 0.3) is 0 Å². The minimum Gasteiger partial charge on any atom is -0.493 e. The van der Waals surface area contributed by atoms with Gasteiger partial charge in [-0.2, -0.15) is 8.42 Å². The minimum atomic E-state index is -4.27. The van der Waals surface area contributed by atoms with E-state index in [0.717, 1.165) is 0 Å². The third kappa shape index (κ3) is 7.10. The highest BCUT2D eigenvalue weighted by Gasteiger charge is 2.22. The van der Waals surface area contributed by atoms with E-state index in [1.54, 1.807) is 23.1 Å². The fourth-order valence-corrected chi connectivity index (χ4v) is 4.60. The van der Waals surface area contributed by atoms with Crippen LogP contribution in [0.4, 0.5) is 4.39 Å². The zero-order chi connectivity index (χ0) is 26.5. The first-order chi connectivity index (χ1) is 17.0. The lowest BCUT2D eigenvalue weighted by atomic mass is 10.1. The lowest BCUT2D eigenvalue weighted by Crippen LogP contribution is -2.36. The molecule has 0 heterocycles. The van der Waals surface area contributed by atoms with Crippen LogP contribution < -0.4 is 8.92 Å². The minimum absolute atomic E-state index is 0.0631. The van der Waals surface area contributed by atoms with Crippen molar-refractivity contribution in [2.24, 2.45) is 0 Å². The molecule has 0 aliphatic rings. The van der Waals surface area contributed by atoms with Crippen molar-refractivity contribution in [3.05, 3.63) is 87.7 Å². The van der Waals surface area contributed by atoms with E-state index in [-0.39, 0.29) is 44.5 Å². The summed E-state index contributed by atoms with van der Waals surface area (Å²) in [6.07, 6.45) is 0. The van der Waals surface area contributed by atoms with Crippen LogP contribution in [0.15, 0.2) is 65.6 Å². The second-order valence-electron chi connectivity index (χ2n) is 8.14. The van der Waals surface area contributed by atoms with Crippen molar-refractivity contribution in [2.75, 3.05) is 34.3 Å². The number of ether oxygens (including phenoxy) is 1. The van der Waals surface area contributed by atoms with Crippen molar-refractivity contribution >= 4 is 39.2 Å². The van der Waals surface area contributed by atoms with Crippen LogP contribution in [0.1, 0.15) is 15.9 Å². The molecule has 0 unspecified atom stereocenters. The molecule has 0 bridgehead atoms. The molecule has 0 radical (unpaired) electrons. The molecule has 1 amide bonds. The Morgan fingerprint density at radius 3 is 2.33 bits per heavy atom. The molecular formula is C25H25Cl2FN2O5S. The summed E-state index contributed by atoms with van der Waals surface area (Å²) < 4.78 is 50.1. The van der Waals surface area contributed by atoms with Crippen molar-refractivity contribution in [3.63, 3.8) is 0 Å². The predicted octanol–water partition coefficient (Wildman–Crippen LogP) is 5.11. The number of hydrogen-bond donors (Lipinski definition) is 0. The van der Waals surface area contributed by atoms with Crippen LogP contribution >= 0.6 is 23.2 Å². The SMILES string of the molecule is COc1ccc(CN(CCN(C)C)C(=O)c2cccc(F)c2)cc1OS(=O)(=O)c1ccc(Cl)c(Cl)c1. The van der Waals surface area contributed by atoms with Gasteiger partial charge >= 0.3 is 10.1 Å². The second kappa shape index (κ2) is 11.9.